The number of benzene rings is 2. The van der Waals surface area contributed by atoms with Crippen LogP contribution < -0.4 is 5.32 Å². The highest BCUT2D eigenvalue weighted by Crippen LogP contribution is 2.22. The summed E-state index contributed by atoms with van der Waals surface area (Å²) >= 11 is 0. The second kappa shape index (κ2) is 13.4. The summed E-state index contributed by atoms with van der Waals surface area (Å²) in [7, 11) is 0. The van der Waals surface area contributed by atoms with Gasteiger partial charge in [0.2, 0.25) is 5.91 Å². The maximum absolute atomic E-state index is 12.1. The zero-order chi connectivity index (χ0) is 25.2. The van der Waals surface area contributed by atoms with E-state index < -0.39 is 5.97 Å². The lowest BCUT2D eigenvalue weighted by molar-refractivity contribution is -0.140. The van der Waals surface area contributed by atoms with Gasteiger partial charge in [-0.3, -0.25) is 14.5 Å². The third kappa shape index (κ3) is 8.79. The van der Waals surface area contributed by atoms with E-state index in [2.05, 4.69) is 68.6 Å². The van der Waals surface area contributed by atoms with E-state index in [0.29, 0.717) is 26.2 Å². The first-order valence-corrected chi connectivity index (χ1v) is 12.9. The van der Waals surface area contributed by atoms with Crippen molar-refractivity contribution in [2.45, 2.75) is 46.5 Å². The van der Waals surface area contributed by atoms with Gasteiger partial charge in [-0.25, -0.2) is 0 Å². The van der Waals surface area contributed by atoms with Crippen LogP contribution in [0.1, 0.15) is 40.7 Å². The van der Waals surface area contributed by atoms with Crippen LogP contribution in [0.2, 0.25) is 0 Å². The van der Waals surface area contributed by atoms with Crippen LogP contribution in [0, 0.1) is 26.7 Å². The van der Waals surface area contributed by atoms with Crippen LogP contribution in [0.3, 0.4) is 0 Å². The van der Waals surface area contributed by atoms with Gasteiger partial charge in [-0.1, -0.05) is 59.2 Å². The van der Waals surface area contributed by atoms with Crippen LogP contribution in [0.15, 0.2) is 42.5 Å². The van der Waals surface area contributed by atoms with Crippen molar-refractivity contribution < 1.29 is 14.7 Å². The Labute approximate surface area is 210 Å². The molecule has 0 spiro atoms. The van der Waals surface area contributed by atoms with E-state index in [1.807, 2.05) is 9.80 Å². The van der Waals surface area contributed by atoms with Crippen molar-refractivity contribution in [1.29, 1.82) is 0 Å². The van der Waals surface area contributed by atoms with Crippen molar-refractivity contribution in [1.82, 2.24) is 15.1 Å². The molecule has 3 aliphatic rings. The van der Waals surface area contributed by atoms with Crippen molar-refractivity contribution in [2.24, 2.45) is 5.92 Å². The molecule has 35 heavy (non-hydrogen) atoms. The molecule has 1 unspecified atom stereocenters. The highest BCUT2D eigenvalue weighted by Gasteiger charge is 2.29. The van der Waals surface area contributed by atoms with Crippen LogP contribution in [0.4, 0.5) is 0 Å². The predicted octanol–water partition coefficient (Wildman–Crippen LogP) is 3.61. The molecule has 2 saturated heterocycles. The standard InChI is InChI=1S/C11H19N3O3.C10H12.C8H10/c15-10(16)8-13-3-5-14(6-4-13)11(17)9-1-2-12-7-9;1-8-5-6-9-3-2-4-10(9)7-8;1-7-4-3-5-8(2)6-7/h9,12H,1-8H2,(H,15,16);5-7H,2-4H2,1H3;3-6H,1-2H3. The first-order valence-electron chi connectivity index (χ1n) is 12.9. The number of rotatable bonds is 3. The predicted molar refractivity (Wildman–Crippen MR) is 141 cm³/mol. The van der Waals surface area contributed by atoms with Gasteiger partial charge in [0.05, 0.1) is 12.5 Å². The number of carbonyl (C=O) groups excluding carboxylic acids is 1. The highest BCUT2D eigenvalue weighted by atomic mass is 16.4. The Morgan fingerprint density at radius 1 is 0.914 bits per heavy atom. The Hall–Kier alpha value is -2.70. The number of carboxylic acids is 1. The number of piperazine rings is 1. The van der Waals surface area contributed by atoms with Crippen LogP contribution in [0.5, 0.6) is 0 Å². The number of nitrogens with zero attached hydrogens (tertiary/aromatic N) is 2. The van der Waals surface area contributed by atoms with E-state index in [4.69, 9.17) is 5.11 Å². The summed E-state index contributed by atoms with van der Waals surface area (Å²) in [5.74, 6) is -0.448. The number of fused-ring (bicyclic) bond motifs is 1. The molecule has 2 N–H and O–H groups in total. The molecule has 1 aliphatic carbocycles. The fraction of sp³-hybridized carbons (Fsp3) is 0.517. The number of aryl methyl sites for hydroxylation is 5. The summed E-state index contributed by atoms with van der Waals surface area (Å²) in [4.78, 5) is 26.4. The van der Waals surface area contributed by atoms with Crippen LogP contribution >= 0.6 is 0 Å². The second-order valence-corrected chi connectivity index (χ2v) is 9.97. The summed E-state index contributed by atoms with van der Waals surface area (Å²) < 4.78 is 0. The third-order valence-electron chi connectivity index (χ3n) is 6.88. The molecular weight excluding hydrogens is 438 g/mol. The fourth-order valence-corrected chi connectivity index (χ4v) is 4.95. The molecule has 5 rings (SSSR count). The highest BCUT2D eigenvalue weighted by molar-refractivity contribution is 5.79. The molecule has 0 bridgehead atoms. The largest absolute Gasteiger partial charge is 0.480 e. The number of nitrogens with one attached hydrogen (secondary N) is 1. The van der Waals surface area contributed by atoms with E-state index in [9.17, 15) is 9.59 Å². The molecule has 1 atom stereocenters. The number of carbonyl (C=O) groups is 2. The minimum Gasteiger partial charge on any atom is -0.480 e. The molecule has 2 fully saturated rings. The molecule has 2 heterocycles. The first-order chi connectivity index (χ1) is 16.8. The lowest BCUT2D eigenvalue weighted by Crippen LogP contribution is -2.51. The van der Waals surface area contributed by atoms with E-state index in [-0.39, 0.29) is 18.4 Å². The van der Waals surface area contributed by atoms with Gasteiger partial charge in [-0.05, 0) is 64.1 Å². The maximum Gasteiger partial charge on any atom is 0.317 e. The van der Waals surface area contributed by atoms with Crippen molar-refractivity contribution in [3.05, 3.63) is 70.3 Å². The van der Waals surface area contributed by atoms with Gasteiger partial charge < -0.3 is 15.3 Å². The van der Waals surface area contributed by atoms with Gasteiger partial charge in [0.25, 0.3) is 0 Å². The molecule has 0 radical (unpaired) electrons. The number of aliphatic carboxylic acids is 1. The van der Waals surface area contributed by atoms with Gasteiger partial charge in [0.15, 0.2) is 0 Å². The number of carboxylic acid groups (broad SMARTS) is 1. The summed E-state index contributed by atoms with van der Waals surface area (Å²) in [6.07, 6.45) is 4.89. The van der Waals surface area contributed by atoms with Crippen molar-refractivity contribution in [2.75, 3.05) is 45.8 Å². The Morgan fingerprint density at radius 2 is 1.57 bits per heavy atom. The monoisotopic (exact) mass is 479 g/mol. The topological polar surface area (TPSA) is 72.9 Å². The Morgan fingerprint density at radius 3 is 2.14 bits per heavy atom. The molecule has 6 heteroatoms. The van der Waals surface area contributed by atoms with Crippen LogP contribution in [-0.2, 0) is 22.4 Å². The van der Waals surface area contributed by atoms with Gasteiger partial charge in [-0.2, -0.15) is 0 Å². The van der Waals surface area contributed by atoms with E-state index in [0.717, 1.165) is 19.5 Å². The summed E-state index contributed by atoms with van der Waals surface area (Å²) in [5.41, 5.74) is 7.24. The molecule has 0 saturated carbocycles. The van der Waals surface area contributed by atoms with Gasteiger partial charge in [0.1, 0.15) is 0 Å². The number of amides is 1. The molecule has 2 aromatic carbocycles. The van der Waals surface area contributed by atoms with Crippen molar-refractivity contribution in [3.63, 3.8) is 0 Å². The molecule has 2 aromatic rings. The lowest BCUT2D eigenvalue weighted by atomic mass is 10.1. The van der Waals surface area contributed by atoms with Crippen molar-refractivity contribution in [3.8, 4) is 0 Å². The molecule has 0 aromatic heterocycles. The maximum atomic E-state index is 12.1. The molecule has 6 nitrogen and oxygen atoms in total. The number of hydrogen-bond acceptors (Lipinski definition) is 4. The van der Waals surface area contributed by atoms with Crippen LogP contribution in [0.25, 0.3) is 0 Å². The Bertz CT molecular complexity index is 960. The SMILES string of the molecule is Cc1ccc2c(c1)CCC2.Cc1cccc(C)c1.O=C(O)CN1CCN(C(=O)C2CCNC2)CC1. The minimum atomic E-state index is -0.801. The zero-order valence-electron chi connectivity index (χ0n) is 21.6. The smallest absolute Gasteiger partial charge is 0.317 e. The summed E-state index contributed by atoms with van der Waals surface area (Å²) in [6.45, 7) is 10.8. The van der Waals surface area contributed by atoms with Gasteiger partial charge in [0, 0.05) is 32.7 Å². The zero-order valence-corrected chi connectivity index (χ0v) is 21.6. The fourth-order valence-electron chi connectivity index (χ4n) is 4.95. The average Bonchev–Trinajstić information content (AvgIpc) is 3.51. The van der Waals surface area contributed by atoms with E-state index >= 15 is 0 Å². The molecule has 2 aliphatic heterocycles. The average molecular weight is 480 g/mol. The van der Waals surface area contributed by atoms with E-state index in [1.165, 1.54) is 36.0 Å². The first kappa shape index (κ1) is 26.9. The summed E-state index contributed by atoms with van der Waals surface area (Å²) in [6, 6.07) is 15.3. The molecular formula is C29H41N3O3. The van der Waals surface area contributed by atoms with Crippen molar-refractivity contribution >= 4 is 11.9 Å². The van der Waals surface area contributed by atoms with E-state index in [1.54, 1.807) is 11.1 Å². The number of hydrogen-bond donors (Lipinski definition) is 2. The Kier molecular flexibility index (Phi) is 10.3. The lowest BCUT2D eigenvalue weighted by Gasteiger charge is -2.35. The Balaban J connectivity index is 0.000000161. The third-order valence-corrected chi connectivity index (χ3v) is 6.88. The van der Waals surface area contributed by atoms with Crippen LogP contribution in [-0.4, -0.2) is 72.6 Å². The second-order valence-electron chi connectivity index (χ2n) is 9.97. The quantitative estimate of drug-likeness (QED) is 0.704. The van der Waals surface area contributed by atoms with Gasteiger partial charge >= 0.3 is 5.97 Å². The minimum absolute atomic E-state index is 0.0764. The molecule has 1 amide bonds. The normalized spacial score (nSPS) is 19.2. The summed E-state index contributed by atoms with van der Waals surface area (Å²) in [5, 5.41) is 11.9. The van der Waals surface area contributed by atoms with Gasteiger partial charge in [-0.15, -0.1) is 0 Å². The molecule has 190 valence electrons.